The van der Waals surface area contributed by atoms with Crippen LogP contribution >= 0.6 is 0 Å². The number of benzene rings is 2. The second kappa shape index (κ2) is 5.41. The van der Waals surface area contributed by atoms with Gasteiger partial charge in [0, 0.05) is 17.0 Å². The van der Waals surface area contributed by atoms with Gasteiger partial charge in [-0.1, -0.05) is 0 Å². The van der Waals surface area contributed by atoms with Crippen LogP contribution < -0.4 is 23.7 Å². The molecule has 1 aromatic heterocycles. The van der Waals surface area contributed by atoms with Gasteiger partial charge in [0.1, 0.15) is 6.61 Å². The van der Waals surface area contributed by atoms with Crippen molar-refractivity contribution in [2.45, 2.75) is 6.61 Å². The van der Waals surface area contributed by atoms with Crippen LogP contribution in [0.3, 0.4) is 0 Å². The number of fused-ring (bicyclic) bond motifs is 4. The number of nitrogens with zero attached hydrogens (tertiary/aromatic N) is 1. The van der Waals surface area contributed by atoms with Crippen molar-refractivity contribution in [3.63, 3.8) is 0 Å². The summed E-state index contributed by atoms with van der Waals surface area (Å²) in [6, 6.07) is 7.30. The Labute approximate surface area is 158 Å². The molecule has 3 aliphatic heterocycles. The molecule has 8 heteroatoms. The van der Waals surface area contributed by atoms with Crippen molar-refractivity contribution in [1.29, 1.82) is 0 Å². The zero-order valence-electron chi connectivity index (χ0n) is 14.7. The lowest BCUT2D eigenvalue weighted by atomic mass is 9.94. The Hall–Kier alpha value is -3.68. The fourth-order valence-corrected chi connectivity index (χ4v) is 3.81. The van der Waals surface area contributed by atoms with E-state index in [4.69, 9.17) is 28.4 Å². The van der Waals surface area contributed by atoms with Gasteiger partial charge < -0.3 is 28.4 Å². The fraction of sp³-hybridized carbons (Fsp3) is 0.200. The van der Waals surface area contributed by atoms with Gasteiger partial charge in [-0.05, 0) is 23.8 Å². The van der Waals surface area contributed by atoms with Crippen LogP contribution in [0.2, 0.25) is 0 Å². The molecule has 2 aromatic carbocycles. The highest BCUT2D eigenvalue weighted by Crippen LogP contribution is 2.48. The average molecular weight is 379 g/mol. The minimum absolute atomic E-state index is 0.116. The highest BCUT2D eigenvalue weighted by molar-refractivity contribution is 6.10. The summed E-state index contributed by atoms with van der Waals surface area (Å²) in [5.74, 6) is 2.44. The number of rotatable bonds is 2. The summed E-state index contributed by atoms with van der Waals surface area (Å²) in [5.41, 5.74) is 3.14. The first-order chi connectivity index (χ1) is 13.7. The summed E-state index contributed by atoms with van der Waals surface area (Å²) in [4.78, 5) is 17.1. The second-order valence-corrected chi connectivity index (χ2v) is 6.52. The van der Waals surface area contributed by atoms with Gasteiger partial charge in [-0.15, -0.1) is 0 Å². The minimum atomic E-state index is -0.409. The molecule has 0 amide bonds. The lowest BCUT2D eigenvalue weighted by Crippen LogP contribution is -2.01. The number of methoxy groups -OCH3 is 1. The van der Waals surface area contributed by atoms with Crippen molar-refractivity contribution in [2.24, 2.45) is 0 Å². The van der Waals surface area contributed by atoms with Crippen molar-refractivity contribution in [3.05, 3.63) is 35.5 Å². The highest BCUT2D eigenvalue weighted by Gasteiger charge is 2.32. The summed E-state index contributed by atoms with van der Waals surface area (Å²) < 4.78 is 32.8. The number of aromatic nitrogens is 1. The normalized spacial score (nSPS) is 15.7. The van der Waals surface area contributed by atoms with E-state index < -0.39 is 5.97 Å². The number of ether oxygens (including phenoxy) is 6. The monoisotopic (exact) mass is 379 g/mol. The Bertz CT molecular complexity index is 1190. The lowest BCUT2D eigenvalue weighted by molar-refractivity contribution is 0.0534. The molecule has 0 fully saturated rings. The number of esters is 1. The van der Waals surface area contributed by atoms with Crippen LogP contribution in [0.4, 0.5) is 0 Å². The summed E-state index contributed by atoms with van der Waals surface area (Å²) in [5, 5.41) is 0.753. The van der Waals surface area contributed by atoms with Gasteiger partial charge in [-0.25, -0.2) is 9.78 Å². The first-order valence-corrected chi connectivity index (χ1v) is 8.64. The summed E-state index contributed by atoms with van der Waals surface area (Å²) in [6.07, 6.45) is 0. The SMILES string of the molecule is COc1cc(-c2c3c(nc4cc5c(cc24)OCO5)COC3=O)cc2c1OCO2. The maximum atomic E-state index is 12.5. The van der Waals surface area contributed by atoms with Gasteiger partial charge in [-0.3, -0.25) is 0 Å². The highest BCUT2D eigenvalue weighted by atomic mass is 16.7. The third-order valence-corrected chi connectivity index (χ3v) is 5.05. The Morgan fingerprint density at radius 1 is 0.893 bits per heavy atom. The van der Waals surface area contributed by atoms with Crippen molar-refractivity contribution in [2.75, 3.05) is 20.7 Å². The molecule has 0 radical (unpaired) electrons. The Morgan fingerprint density at radius 2 is 1.68 bits per heavy atom. The van der Waals surface area contributed by atoms with Crippen LogP contribution in [-0.2, 0) is 11.3 Å². The molecule has 140 valence electrons. The molecule has 0 aliphatic carbocycles. The predicted octanol–water partition coefficient (Wildman–Crippen LogP) is 3.04. The minimum Gasteiger partial charge on any atom is -0.493 e. The van der Waals surface area contributed by atoms with Crippen LogP contribution in [0.25, 0.3) is 22.0 Å². The van der Waals surface area contributed by atoms with Crippen molar-refractivity contribution >= 4 is 16.9 Å². The molecule has 0 bridgehead atoms. The van der Waals surface area contributed by atoms with Crippen molar-refractivity contribution in [1.82, 2.24) is 4.98 Å². The van der Waals surface area contributed by atoms with E-state index in [-0.39, 0.29) is 20.2 Å². The molecule has 0 spiro atoms. The molecule has 6 rings (SSSR count). The Balaban J connectivity index is 1.71. The van der Waals surface area contributed by atoms with Gasteiger partial charge in [0.2, 0.25) is 19.3 Å². The number of hydrogen-bond donors (Lipinski definition) is 0. The predicted molar refractivity (Wildman–Crippen MR) is 95.1 cm³/mol. The van der Waals surface area contributed by atoms with Gasteiger partial charge in [0.25, 0.3) is 0 Å². The third-order valence-electron chi connectivity index (χ3n) is 5.05. The van der Waals surface area contributed by atoms with Gasteiger partial charge in [-0.2, -0.15) is 0 Å². The Kier molecular flexibility index (Phi) is 2.98. The fourth-order valence-electron chi connectivity index (χ4n) is 3.81. The zero-order chi connectivity index (χ0) is 18.8. The second-order valence-electron chi connectivity index (χ2n) is 6.52. The molecule has 0 unspecified atom stereocenters. The zero-order valence-corrected chi connectivity index (χ0v) is 14.7. The number of cyclic esters (lactones) is 1. The molecule has 8 nitrogen and oxygen atoms in total. The summed E-state index contributed by atoms with van der Waals surface area (Å²) >= 11 is 0. The van der Waals surface area contributed by atoms with Gasteiger partial charge in [0.15, 0.2) is 23.0 Å². The quantitative estimate of drug-likeness (QED) is 0.628. The van der Waals surface area contributed by atoms with Crippen LogP contribution in [0.1, 0.15) is 16.1 Å². The first kappa shape index (κ1) is 15.4. The molecule has 4 heterocycles. The van der Waals surface area contributed by atoms with E-state index in [1.165, 1.54) is 0 Å². The summed E-state index contributed by atoms with van der Waals surface area (Å²) in [6.45, 7) is 0.402. The molecule has 0 saturated carbocycles. The smallest absolute Gasteiger partial charge is 0.341 e. The number of pyridine rings is 1. The molecule has 0 atom stereocenters. The molecule has 3 aromatic rings. The van der Waals surface area contributed by atoms with Crippen molar-refractivity contribution < 1.29 is 33.2 Å². The van der Waals surface area contributed by atoms with E-state index in [2.05, 4.69) is 4.98 Å². The van der Waals surface area contributed by atoms with E-state index in [1.807, 2.05) is 24.3 Å². The van der Waals surface area contributed by atoms with Crippen LogP contribution in [0, 0.1) is 0 Å². The summed E-state index contributed by atoms with van der Waals surface area (Å²) in [7, 11) is 1.56. The van der Waals surface area contributed by atoms with E-state index in [0.29, 0.717) is 51.1 Å². The number of carbonyl (C=O) groups is 1. The molecule has 28 heavy (non-hydrogen) atoms. The standard InChI is InChI=1S/C20H13NO7/c1-23-15-2-9(3-16-19(15)28-8-27-16)17-10-4-13-14(26-7-25-13)5-11(10)21-12-6-24-20(22)18(12)17/h2-5H,6-8H2,1H3. The molecular formula is C20H13NO7. The molecule has 3 aliphatic rings. The maximum Gasteiger partial charge on any atom is 0.341 e. The van der Waals surface area contributed by atoms with Crippen LogP contribution in [0.5, 0.6) is 28.7 Å². The topological polar surface area (TPSA) is 85.3 Å². The first-order valence-electron chi connectivity index (χ1n) is 8.64. The number of hydrogen-bond acceptors (Lipinski definition) is 8. The van der Waals surface area contributed by atoms with Crippen LogP contribution in [-0.4, -0.2) is 31.6 Å². The van der Waals surface area contributed by atoms with Gasteiger partial charge in [0.05, 0.1) is 23.9 Å². The average Bonchev–Trinajstić information content (AvgIpc) is 3.43. The van der Waals surface area contributed by atoms with E-state index in [1.54, 1.807) is 7.11 Å². The molecular weight excluding hydrogens is 366 g/mol. The number of carbonyl (C=O) groups excluding carboxylic acids is 1. The van der Waals surface area contributed by atoms with E-state index >= 15 is 0 Å². The van der Waals surface area contributed by atoms with E-state index in [9.17, 15) is 4.79 Å². The molecule has 0 N–H and O–H groups in total. The van der Waals surface area contributed by atoms with Gasteiger partial charge >= 0.3 is 5.97 Å². The van der Waals surface area contributed by atoms with Crippen molar-refractivity contribution in [3.8, 4) is 39.9 Å². The van der Waals surface area contributed by atoms with Crippen LogP contribution in [0.15, 0.2) is 24.3 Å². The maximum absolute atomic E-state index is 12.5. The lowest BCUT2D eigenvalue weighted by Gasteiger charge is -2.13. The third kappa shape index (κ3) is 1.99. The largest absolute Gasteiger partial charge is 0.493 e. The Morgan fingerprint density at radius 3 is 2.54 bits per heavy atom. The van der Waals surface area contributed by atoms with E-state index in [0.717, 1.165) is 10.9 Å². The molecule has 0 saturated heterocycles.